The summed E-state index contributed by atoms with van der Waals surface area (Å²) in [6.07, 6.45) is 1.92. The van der Waals surface area contributed by atoms with E-state index in [-0.39, 0.29) is 23.8 Å². The largest absolute Gasteiger partial charge is 0.494 e. The second kappa shape index (κ2) is 11.2. The zero-order valence-corrected chi connectivity index (χ0v) is 18.2. The van der Waals surface area contributed by atoms with Crippen molar-refractivity contribution in [1.82, 2.24) is 5.32 Å². The molecule has 0 atom stereocenters. The molecule has 0 aromatic heterocycles. The lowest BCUT2D eigenvalue weighted by molar-refractivity contribution is -0.121. The molecule has 10 heteroatoms. The van der Waals surface area contributed by atoms with Gasteiger partial charge in [0.2, 0.25) is 5.91 Å². The third kappa shape index (κ3) is 8.17. The molecule has 0 saturated heterocycles. The van der Waals surface area contributed by atoms with E-state index in [1.165, 1.54) is 19.2 Å². The van der Waals surface area contributed by atoms with Crippen LogP contribution in [0.15, 0.2) is 47.4 Å². The smallest absolute Gasteiger partial charge is 0.255 e. The Morgan fingerprint density at radius 3 is 2.35 bits per heavy atom. The minimum atomic E-state index is -3.24. The van der Waals surface area contributed by atoms with E-state index >= 15 is 0 Å². The number of sulfone groups is 1. The summed E-state index contributed by atoms with van der Waals surface area (Å²) in [6, 6.07) is 11.2. The third-order valence-corrected chi connectivity index (χ3v) is 5.28. The van der Waals surface area contributed by atoms with Crippen LogP contribution in [0, 0.1) is 0 Å². The number of methoxy groups -OCH3 is 1. The van der Waals surface area contributed by atoms with Crippen LogP contribution in [-0.4, -0.2) is 46.8 Å². The molecule has 0 unspecified atom stereocenters. The molecule has 31 heavy (non-hydrogen) atoms. The van der Waals surface area contributed by atoms with Gasteiger partial charge in [-0.2, -0.15) is 0 Å². The minimum Gasteiger partial charge on any atom is -0.494 e. The molecular formula is C21H26N2O7S. The van der Waals surface area contributed by atoms with E-state index in [1.54, 1.807) is 30.3 Å². The molecule has 9 nitrogen and oxygen atoms in total. The number of ether oxygens (including phenoxy) is 3. The molecule has 0 aliphatic heterocycles. The number of carbonyl (C=O) groups is 2. The number of amides is 2. The summed E-state index contributed by atoms with van der Waals surface area (Å²) in [6.45, 7) is 0.376. The van der Waals surface area contributed by atoms with Gasteiger partial charge in [-0.25, -0.2) is 8.42 Å². The van der Waals surface area contributed by atoms with E-state index in [0.29, 0.717) is 36.8 Å². The van der Waals surface area contributed by atoms with E-state index in [0.717, 1.165) is 11.8 Å². The number of hydrogen-bond acceptors (Lipinski definition) is 7. The molecule has 0 heterocycles. The normalized spacial score (nSPS) is 10.9. The van der Waals surface area contributed by atoms with E-state index in [2.05, 4.69) is 5.32 Å². The number of primary amides is 1. The average Bonchev–Trinajstić information content (AvgIpc) is 2.73. The van der Waals surface area contributed by atoms with Crippen molar-refractivity contribution in [2.24, 2.45) is 5.73 Å². The summed E-state index contributed by atoms with van der Waals surface area (Å²) >= 11 is 0. The molecule has 0 aliphatic carbocycles. The van der Waals surface area contributed by atoms with E-state index in [1.807, 2.05) is 0 Å². The summed E-state index contributed by atoms with van der Waals surface area (Å²) in [5.41, 5.74) is 5.87. The van der Waals surface area contributed by atoms with E-state index in [9.17, 15) is 18.0 Å². The van der Waals surface area contributed by atoms with Gasteiger partial charge in [0.25, 0.3) is 5.91 Å². The molecule has 2 amide bonds. The first-order chi connectivity index (χ1) is 14.7. The Morgan fingerprint density at radius 2 is 1.74 bits per heavy atom. The fourth-order valence-electron chi connectivity index (χ4n) is 2.58. The SMILES string of the molecule is COc1cc(CNC(=O)CCCOc2ccc(S(C)(=O)=O)cc2)ccc1OCC(N)=O. The lowest BCUT2D eigenvalue weighted by atomic mass is 10.2. The molecule has 0 radical (unpaired) electrons. The van der Waals surface area contributed by atoms with Crippen LogP contribution in [-0.2, 0) is 26.0 Å². The lowest BCUT2D eigenvalue weighted by Crippen LogP contribution is -2.23. The van der Waals surface area contributed by atoms with Crippen LogP contribution in [0.25, 0.3) is 0 Å². The van der Waals surface area contributed by atoms with Gasteiger partial charge in [-0.05, 0) is 48.4 Å². The van der Waals surface area contributed by atoms with Crippen LogP contribution >= 0.6 is 0 Å². The van der Waals surface area contributed by atoms with Crippen molar-refractivity contribution in [1.29, 1.82) is 0 Å². The first kappa shape index (κ1) is 24.0. The highest BCUT2D eigenvalue weighted by Gasteiger charge is 2.09. The van der Waals surface area contributed by atoms with Gasteiger partial charge in [0.15, 0.2) is 27.9 Å². The van der Waals surface area contributed by atoms with Gasteiger partial charge in [-0.1, -0.05) is 6.07 Å². The van der Waals surface area contributed by atoms with Crippen molar-refractivity contribution in [3.8, 4) is 17.2 Å². The van der Waals surface area contributed by atoms with Crippen molar-refractivity contribution in [3.63, 3.8) is 0 Å². The van der Waals surface area contributed by atoms with E-state index < -0.39 is 15.7 Å². The van der Waals surface area contributed by atoms with Crippen LogP contribution in [0.2, 0.25) is 0 Å². The fraction of sp³-hybridized carbons (Fsp3) is 0.333. The van der Waals surface area contributed by atoms with Gasteiger partial charge in [0.1, 0.15) is 5.75 Å². The first-order valence-corrected chi connectivity index (χ1v) is 11.4. The summed E-state index contributed by atoms with van der Waals surface area (Å²) in [5, 5.41) is 2.81. The maximum absolute atomic E-state index is 12.0. The highest BCUT2D eigenvalue weighted by atomic mass is 32.2. The molecule has 0 aliphatic rings. The lowest BCUT2D eigenvalue weighted by Gasteiger charge is -2.12. The van der Waals surface area contributed by atoms with Gasteiger partial charge < -0.3 is 25.3 Å². The van der Waals surface area contributed by atoms with Crippen molar-refractivity contribution in [2.75, 3.05) is 26.6 Å². The van der Waals surface area contributed by atoms with Crippen molar-refractivity contribution < 1.29 is 32.2 Å². The number of rotatable bonds is 12. The van der Waals surface area contributed by atoms with Gasteiger partial charge in [0, 0.05) is 19.2 Å². The number of nitrogens with two attached hydrogens (primary N) is 1. The Bertz CT molecular complexity index is 1000. The number of benzene rings is 2. The summed E-state index contributed by atoms with van der Waals surface area (Å²) in [5.74, 6) is 0.636. The number of hydrogen-bond donors (Lipinski definition) is 2. The second-order valence-corrected chi connectivity index (χ2v) is 8.73. The molecule has 3 N–H and O–H groups in total. The van der Waals surface area contributed by atoms with Crippen molar-refractivity contribution in [3.05, 3.63) is 48.0 Å². The fourth-order valence-corrected chi connectivity index (χ4v) is 3.22. The Hall–Kier alpha value is -3.27. The van der Waals surface area contributed by atoms with Crippen molar-refractivity contribution in [2.45, 2.75) is 24.3 Å². The zero-order chi connectivity index (χ0) is 22.9. The molecule has 2 aromatic carbocycles. The molecule has 168 valence electrons. The molecule has 0 spiro atoms. The van der Waals surface area contributed by atoms with Crippen LogP contribution in [0.1, 0.15) is 18.4 Å². The standard InChI is InChI=1S/C21H26N2O7S/c1-28-19-12-15(5-10-18(19)30-14-20(22)24)13-23-21(25)4-3-11-29-16-6-8-17(9-7-16)31(2,26)27/h5-10,12H,3-4,11,13-14H2,1-2H3,(H2,22,24)(H,23,25). The highest BCUT2D eigenvalue weighted by Crippen LogP contribution is 2.28. The zero-order valence-electron chi connectivity index (χ0n) is 17.4. The Balaban J connectivity index is 1.73. The van der Waals surface area contributed by atoms with Gasteiger partial charge in [0.05, 0.1) is 18.6 Å². The summed E-state index contributed by atoms with van der Waals surface area (Å²) in [7, 11) is -1.76. The van der Waals surface area contributed by atoms with Gasteiger partial charge >= 0.3 is 0 Å². The summed E-state index contributed by atoms with van der Waals surface area (Å²) < 4.78 is 38.9. The molecule has 0 saturated carbocycles. The quantitative estimate of drug-likeness (QED) is 0.467. The van der Waals surface area contributed by atoms with Crippen LogP contribution in [0.5, 0.6) is 17.2 Å². The molecule has 2 rings (SSSR count). The molecular weight excluding hydrogens is 424 g/mol. The Kier molecular flexibility index (Phi) is 8.68. The maximum atomic E-state index is 12.0. The predicted octanol–water partition coefficient (Wildman–Crippen LogP) is 1.44. The second-order valence-electron chi connectivity index (χ2n) is 6.71. The van der Waals surface area contributed by atoms with Crippen LogP contribution in [0.3, 0.4) is 0 Å². The number of carbonyl (C=O) groups excluding carboxylic acids is 2. The Morgan fingerprint density at radius 1 is 1.03 bits per heavy atom. The van der Waals surface area contributed by atoms with Crippen LogP contribution in [0.4, 0.5) is 0 Å². The molecule has 2 aromatic rings. The van der Waals surface area contributed by atoms with E-state index in [4.69, 9.17) is 19.9 Å². The maximum Gasteiger partial charge on any atom is 0.255 e. The molecule has 0 bridgehead atoms. The highest BCUT2D eigenvalue weighted by molar-refractivity contribution is 7.90. The Labute approximate surface area is 181 Å². The minimum absolute atomic E-state index is 0.135. The van der Waals surface area contributed by atoms with Crippen LogP contribution < -0.4 is 25.3 Å². The van der Waals surface area contributed by atoms with Gasteiger partial charge in [-0.3, -0.25) is 9.59 Å². The molecule has 0 fully saturated rings. The predicted molar refractivity (Wildman–Crippen MR) is 114 cm³/mol. The summed E-state index contributed by atoms with van der Waals surface area (Å²) in [4.78, 5) is 23.1. The average molecular weight is 451 g/mol. The van der Waals surface area contributed by atoms with Crippen molar-refractivity contribution >= 4 is 21.7 Å². The number of nitrogens with one attached hydrogen (secondary N) is 1. The van der Waals surface area contributed by atoms with Gasteiger partial charge in [-0.15, -0.1) is 0 Å². The first-order valence-electron chi connectivity index (χ1n) is 9.46. The monoisotopic (exact) mass is 450 g/mol. The third-order valence-electron chi connectivity index (χ3n) is 4.16. The topological polar surface area (TPSA) is 134 Å².